The summed E-state index contributed by atoms with van der Waals surface area (Å²) in [5, 5.41) is 33.4. The van der Waals surface area contributed by atoms with Crippen molar-refractivity contribution in [1.29, 1.82) is 0 Å². The summed E-state index contributed by atoms with van der Waals surface area (Å²) >= 11 is 0. The van der Waals surface area contributed by atoms with Crippen LogP contribution in [0.4, 0.5) is 4.79 Å². The second-order valence-corrected chi connectivity index (χ2v) is 5.50. The molecule has 0 heterocycles. The number of phenols is 1. The molecule has 0 saturated heterocycles. The van der Waals surface area contributed by atoms with Crippen molar-refractivity contribution in [1.82, 2.24) is 10.6 Å². The van der Waals surface area contributed by atoms with Crippen molar-refractivity contribution >= 4 is 6.03 Å². The molecule has 1 atom stereocenters. The van der Waals surface area contributed by atoms with Gasteiger partial charge in [0, 0.05) is 25.1 Å². The summed E-state index contributed by atoms with van der Waals surface area (Å²) < 4.78 is 0. The zero-order valence-electron chi connectivity index (χ0n) is 11.8. The molecule has 0 spiro atoms. The summed E-state index contributed by atoms with van der Waals surface area (Å²) in [6.07, 6.45) is -0.890. The number of hydrogen-bond donors (Lipinski definition) is 5. The highest BCUT2D eigenvalue weighted by atomic mass is 16.3. The molecule has 1 aromatic rings. The van der Waals surface area contributed by atoms with Gasteiger partial charge in [-0.15, -0.1) is 0 Å². The molecule has 0 bridgehead atoms. The standard InChI is InChI=1S/C14H22N2O4/c1-14(2,9-17)8-16-13(20)15-7-12(19)10-4-3-5-11(18)6-10/h3-6,12,17-19H,7-9H2,1-2H3,(H2,15,16,20). The highest BCUT2D eigenvalue weighted by Gasteiger charge is 2.17. The van der Waals surface area contributed by atoms with Crippen LogP contribution in [-0.4, -0.2) is 41.0 Å². The first-order chi connectivity index (χ1) is 9.34. The second-order valence-electron chi connectivity index (χ2n) is 5.50. The largest absolute Gasteiger partial charge is 0.508 e. The van der Waals surface area contributed by atoms with Crippen LogP contribution in [0.25, 0.3) is 0 Å². The van der Waals surface area contributed by atoms with Gasteiger partial charge < -0.3 is 26.0 Å². The minimum atomic E-state index is -0.890. The maximum Gasteiger partial charge on any atom is 0.314 e. The van der Waals surface area contributed by atoms with Crippen LogP contribution in [0.15, 0.2) is 24.3 Å². The normalized spacial score (nSPS) is 12.8. The van der Waals surface area contributed by atoms with Gasteiger partial charge in [0.15, 0.2) is 0 Å². The maximum atomic E-state index is 11.5. The average Bonchev–Trinajstić information content (AvgIpc) is 2.42. The van der Waals surface area contributed by atoms with Gasteiger partial charge in [0.2, 0.25) is 0 Å². The molecule has 0 saturated carbocycles. The van der Waals surface area contributed by atoms with Crippen molar-refractivity contribution in [2.45, 2.75) is 20.0 Å². The topological polar surface area (TPSA) is 102 Å². The first-order valence-corrected chi connectivity index (χ1v) is 6.43. The summed E-state index contributed by atoms with van der Waals surface area (Å²) in [5.41, 5.74) is 0.141. The fourth-order valence-electron chi connectivity index (χ4n) is 1.48. The van der Waals surface area contributed by atoms with Gasteiger partial charge in [0.1, 0.15) is 5.75 Å². The van der Waals surface area contributed by atoms with Crippen LogP contribution in [0, 0.1) is 5.41 Å². The number of hydrogen-bond acceptors (Lipinski definition) is 4. The Kier molecular flexibility index (Phi) is 5.79. The van der Waals surface area contributed by atoms with E-state index < -0.39 is 12.1 Å². The van der Waals surface area contributed by atoms with Gasteiger partial charge in [0.05, 0.1) is 6.10 Å². The number of carbonyl (C=O) groups excluding carboxylic acids is 1. The second kappa shape index (κ2) is 7.12. The Hall–Kier alpha value is -1.79. The number of rotatable bonds is 6. The minimum absolute atomic E-state index is 0.0286. The Morgan fingerprint density at radius 2 is 2.05 bits per heavy atom. The molecule has 5 N–H and O–H groups in total. The lowest BCUT2D eigenvalue weighted by molar-refractivity contribution is 0.154. The van der Waals surface area contributed by atoms with E-state index in [9.17, 15) is 15.0 Å². The van der Waals surface area contributed by atoms with E-state index in [1.54, 1.807) is 12.1 Å². The summed E-state index contributed by atoms with van der Waals surface area (Å²) in [6, 6.07) is 5.83. The maximum absolute atomic E-state index is 11.5. The van der Waals surface area contributed by atoms with Crippen LogP contribution in [0.5, 0.6) is 5.75 Å². The van der Waals surface area contributed by atoms with Crippen LogP contribution in [0.3, 0.4) is 0 Å². The zero-order valence-corrected chi connectivity index (χ0v) is 11.8. The van der Waals surface area contributed by atoms with Crippen LogP contribution >= 0.6 is 0 Å². The summed E-state index contributed by atoms with van der Waals surface area (Å²) in [4.78, 5) is 11.5. The first kappa shape index (κ1) is 16.3. The number of aliphatic hydroxyl groups excluding tert-OH is 2. The Labute approximate surface area is 118 Å². The lowest BCUT2D eigenvalue weighted by atomic mass is 9.95. The Bertz CT molecular complexity index is 449. The van der Waals surface area contributed by atoms with Crippen molar-refractivity contribution in [2.24, 2.45) is 5.41 Å². The third-order valence-corrected chi connectivity index (χ3v) is 2.87. The van der Waals surface area contributed by atoms with Crippen LogP contribution in [-0.2, 0) is 0 Å². The predicted octanol–water partition coefficient (Wildman–Crippen LogP) is 0.743. The van der Waals surface area contributed by atoms with E-state index >= 15 is 0 Å². The van der Waals surface area contributed by atoms with Crippen molar-refractivity contribution in [3.63, 3.8) is 0 Å². The molecular formula is C14H22N2O4. The number of amides is 2. The third-order valence-electron chi connectivity index (χ3n) is 2.87. The van der Waals surface area contributed by atoms with Gasteiger partial charge in [-0.3, -0.25) is 0 Å². The summed E-state index contributed by atoms with van der Waals surface area (Å²) in [5.74, 6) is 0.0655. The van der Waals surface area contributed by atoms with E-state index in [-0.39, 0.29) is 24.3 Å². The van der Waals surface area contributed by atoms with Crippen LogP contribution in [0.1, 0.15) is 25.5 Å². The van der Waals surface area contributed by atoms with E-state index in [1.807, 2.05) is 13.8 Å². The Morgan fingerprint density at radius 3 is 2.65 bits per heavy atom. The lowest BCUT2D eigenvalue weighted by Gasteiger charge is -2.22. The molecule has 0 aliphatic carbocycles. The number of carbonyl (C=O) groups is 1. The van der Waals surface area contributed by atoms with Gasteiger partial charge in [-0.05, 0) is 17.7 Å². The zero-order chi connectivity index (χ0) is 15.2. The number of benzene rings is 1. The van der Waals surface area contributed by atoms with Crippen molar-refractivity contribution in [2.75, 3.05) is 19.7 Å². The van der Waals surface area contributed by atoms with Crippen molar-refractivity contribution in [3.8, 4) is 5.75 Å². The smallest absolute Gasteiger partial charge is 0.314 e. The molecule has 20 heavy (non-hydrogen) atoms. The monoisotopic (exact) mass is 282 g/mol. The van der Waals surface area contributed by atoms with Gasteiger partial charge in [-0.25, -0.2) is 4.79 Å². The van der Waals surface area contributed by atoms with Crippen molar-refractivity contribution in [3.05, 3.63) is 29.8 Å². The van der Waals surface area contributed by atoms with Gasteiger partial charge >= 0.3 is 6.03 Å². The van der Waals surface area contributed by atoms with E-state index in [4.69, 9.17) is 5.11 Å². The van der Waals surface area contributed by atoms with Crippen LogP contribution < -0.4 is 10.6 Å². The van der Waals surface area contributed by atoms with Gasteiger partial charge in [0.25, 0.3) is 0 Å². The quantitative estimate of drug-likeness (QED) is 0.531. The fraction of sp³-hybridized carbons (Fsp3) is 0.500. The molecule has 1 aromatic carbocycles. The SMILES string of the molecule is CC(C)(CO)CNC(=O)NCC(O)c1cccc(O)c1. The number of phenolic OH excluding ortho intramolecular Hbond substituents is 1. The number of aliphatic hydroxyl groups is 2. The molecule has 6 heteroatoms. The lowest BCUT2D eigenvalue weighted by Crippen LogP contribution is -2.43. The molecule has 0 aliphatic heterocycles. The Balaban J connectivity index is 2.37. The molecule has 112 valence electrons. The third kappa shape index (κ3) is 5.46. The van der Waals surface area contributed by atoms with Gasteiger partial charge in [-0.2, -0.15) is 0 Å². The average molecular weight is 282 g/mol. The summed E-state index contributed by atoms with van der Waals surface area (Å²) in [7, 11) is 0. The molecule has 0 aliphatic rings. The molecule has 0 aromatic heterocycles. The van der Waals surface area contributed by atoms with E-state index in [0.717, 1.165) is 0 Å². The fourth-order valence-corrected chi connectivity index (χ4v) is 1.48. The van der Waals surface area contributed by atoms with Gasteiger partial charge in [-0.1, -0.05) is 26.0 Å². The number of urea groups is 1. The van der Waals surface area contributed by atoms with E-state index in [1.165, 1.54) is 12.1 Å². The molecular weight excluding hydrogens is 260 g/mol. The molecule has 1 unspecified atom stereocenters. The minimum Gasteiger partial charge on any atom is -0.508 e. The first-order valence-electron chi connectivity index (χ1n) is 6.43. The van der Waals surface area contributed by atoms with E-state index in [2.05, 4.69) is 10.6 Å². The van der Waals surface area contributed by atoms with E-state index in [0.29, 0.717) is 12.1 Å². The Morgan fingerprint density at radius 1 is 1.35 bits per heavy atom. The number of nitrogens with one attached hydrogen (secondary N) is 2. The molecule has 0 fully saturated rings. The molecule has 6 nitrogen and oxygen atoms in total. The highest BCUT2D eigenvalue weighted by Crippen LogP contribution is 2.17. The highest BCUT2D eigenvalue weighted by molar-refractivity contribution is 5.73. The molecule has 0 radical (unpaired) electrons. The predicted molar refractivity (Wildman–Crippen MR) is 75.3 cm³/mol. The molecule has 1 rings (SSSR count). The van der Waals surface area contributed by atoms with Crippen molar-refractivity contribution < 1.29 is 20.1 Å². The molecule has 2 amide bonds. The number of aromatic hydroxyl groups is 1. The van der Waals surface area contributed by atoms with Crippen LogP contribution in [0.2, 0.25) is 0 Å². The summed E-state index contributed by atoms with van der Waals surface area (Å²) in [6.45, 7) is 4.00.